The maximum atomic E-state index is 11.9. The quantitative estimate of drug-likeness (QED) is 0.898. The molecule has 0 radical (unpaired) electrons. The Morgan fingerprint density at radius 3 is 2.31 bits per heavy atom. The molecule has 1 aromatic heterocycles. The average Bonchev–Trinajstić information content (AvgIpc) is 2.42. The van der Waals surface area contributed by atoms with Gasteiger partial charge in [-0.1, -0.05) is 0 Å². The fraction of sp³-hybridized carbons (Fsp3) is 0.600. The summed E-state index contributed by atoms with van der Waals surface area (Å²) < 4.78 is 41.0. The molecule has 0 aromatic carbocycles. The highest BCUT2D eigenvalue weighted by atomic mass is 35.5. The van der Waals surface area contributed by atoms with E-state index in [1.54, 1.807) is 13.0 Å². The molecule has 0 aliphatic rings. The van der Waals surface area contributed by atoms with Crippen LogP contribution in [0.4, 0.5) is 13.2 Å². The zero-order valence-corrected chi connectivity index (χ0v) is 9.91. The smallest absolute Gasteiger partial charge is 0.389 e. The molecule has 16 heavy (non-hydrogen) atoms. The zero-order chi connectivity index (χ0) is 11.6. The van der Waals surface area contributed by atoms with Gasteiger partial charge in [0.2, 0.25) is 0 Å². The van der Waals surface area contributed by atoms with Gasteiger partial charge >= 0.3 is 6.18 Å². The third kappa shape index (κ3) is 4.45. The summed E-state index contributed by atoms with van der Waals surface area (Å²) in [6.45, 7) is 3.59. The van der Waals surface area contributed by atoms with Crippen LogP contribution in [0.25, 0.3) is 0 Å². The summed E-state index contributed by atoms with van der Waals surface area (Å²) >= 11 is 0. The first kappa shape index (κ1) is 15.3. The minimum Gasteiger partial charge on any atom is -0.464 e. The molecule has 1 heterocycles. The summed E-state index contributed by atoms with van der Waals surface area (Å²) in [5, 5.41) is 0. The summed E-state index contributed by atoms with van der Waals surface area (Å²) in [5.41, 5.74) is 6.50. The third-order valence-corrected chi connectivity index (χ3v) is 2.29. The van der Waals surface area contributed by atoms with E-state index in [4.69, 9.17) is 10.2 Å². The van der Waals surface area contributed by atoms with Crippen molar-refractivity contribution in [2.75, 3.05) is 0 Å². The first-order valence-corrected chi connectivity index (χ1v) is 4.69. The van der Waals surface area contributed by atoms with Gasteiger partial charge in [-0.05, 0) is 31.9 Å². The van der Waals surface area contributed by atoms with Crippen molar-refractivity contribution in [1.82, 2.24) is 0 Å². The van der Waals surface area contributed by atoms with Crippen LogP contribution >= 0.6 is 12.4 Å². The second-order valence-electron chi connectivity index (χ2n) is 3.65. The van der Waals surface area contributed by atoms with E-state index in [0.29, 0.717) is 11.5 Å². The Morgan fingerprint density at radius 1 is 1.38 bits per heavy atom. The first-order valence-electron chi connectivity index (χ1n) is 4.69. The van der Waals surface area contributed by atoms with E-state index in [1.807, 2.05) is 6.92 Å². The largest absolute Gasteiger partial charge is 0.464 e. The zero-order valence-electron chi connectivity index (χ0n) is 9.10. The molecule has 0 unspecified atom stereocenters. The number of nitrogens with two attached hydrogens (primary N) is 1. The lowest BCUT2D eigenvalue weighted by atomic mass is 10.1. The monoisotopic (exact) mass is 257 g/mol. The van der Waals surface area contributed by atoms with Gasteiger partial charge in [0.25, 0.3) is 0 Å². The molecule has 2 N–H and O–H groups in total. The molecule has 0 fully saturated rings. The SMILES string of the molecule is Cc1cc([C@@H](N)CCC(F)(F)F)oc1C.Cl. The number of furan rings is 1. The lowest BCUT2D eigenvalue weighted by molar-refractivity contribution is -0.136. The van der Waals surface area contributed by atoms with E-state index in [2.05, 4.69) is 0 Å². The lowest BCUT2D eigenvalue weighted by Crippen LogP contribution is -2.15. The summed E-state index contributed by atoms with van der Waals surface area (Å²) in [7, 11) is 0. The van der Waals surface area contributed by atoms with Gasteiger partial charge in [-0.15, -0.1) is 12.4 Å². The molecule has 1 atom stereocenters. The van der Waals surface area contributed by atoms with Crippen molar-refractivity contribution in [3.63, 3.8) is 0 Å². The highest BCUT2D eigenvalue weighted by Crippen LogP contribution is 2.27. The molecule has 0 aliphatic heterocycles. The molecule has 94 valence electrons. The van der Waals surface area contributed by atoms with Crippen LogP contribution in [-0.2, 0) is 0 Å². The van der Waals surface area contributed by atoms with E-state index >= 15 is 0 Å². The Hall–Kier alpha value is -0.680. The number of hydrogen-bond donors (Lipinski definition) is 1. The maximum absolute atomic E-state index is 11.9. The van der Waals surface area contributed by atoms with E-state index in [0.717, 1.165) is 5.56 Å². The van der Waals surface area contributed by atoms with Crippen molar-refractivity contribution >= 4 is 12.4 Å². The summed E-state index contributed by atoms with van der Waals surface area (Å²) in [6, 6.07) is 1.01. The number of aryl methyl sites for hydroxylation is 2. The Morgan fingerprint density at radius 2 is 1.94 bits per heavy atom. The van der Waals surface area contributed by atoms with Crippen molar-refractivity contribution in [1.29, 1.82) is 0 Å². The minimum atomic E-state index is -4.16. The van der Waals surface area contributed by atoms with Crippen LogP contribution in [0.15, 0.2) is 10.5 Å². The Bertz CT molecular complexity index is 316. The van der Waals surface area contributed by atoms with Crippen LogP contribution in [0, 0.1) is 13.8 Å². The number of rotatable bonds is 3. The molecular formula is C10H15ClF3NO. The molecule has 0 amide bonds. The lowest BCUT2D eigenvalue weighted by Gasteiger charge is -2.10. The molecule has 1 rings (SSSR count). The number of hydrogen-bond acceptors (Lipinski definition) is 2. The van der Waals surface area contributed by atoms with Gasteiger partial charge in [0.05, 0.1) is 6.04 Å². The van der Waals surface area contributed by atoms with Crippen LogP contribution in [-0.4, -0.2) is 6.18 Å². The predicted octanol–water partition coefficient (Wildman–Crippen LogP) is 3.66. The van der Waals surface area contributed by atoms with E-state index in [1.165, 1.54) is 0 Å². The standard InChI is InChI=1S/C10H14F3NO.ClH/c1-6-5-9(15-7(6)2)8(14)3-4-10(11,12)13;/h5,8H,3-4,14H2,1-2H3;1H/t8-;/m0./s1. The molecule has 0 spiro atoms. The van der Waals surface area contributed by atoms with Crippen LogP contribution < -0.4 is 5.73 Å². The number of halogens is 4. The molecule has 2 nitrogen and oxygen atoms in total. The third-order valence-electron chi connectivity index (χ3n) is 2.29. The highest BCUT2D eigenvalue weighted by molar-refractivity contribution is 5.85. The van der Waals surface area contributed by atoms with Crippen LogP contribution in [0.5, 0.6) is 0 Å². The van der Waals surface area contributed by atoms with Crippen molar-refractivity contribution in [3.05, 3.63) is 23.2 Å². The van der Waals surface area contributed by atoms with Crippen molar-refractivity contribution in [2.45, 2.75) is 38.9 Å². The van der Waals surface area contributed by atoms with Crippen molar-refractivity contribution < 1.29 is 17.6 Å². The summed E-state index contributed by atoms with van der Waals surface area (Å²) in [4.78, 5) is 0. The van der Waals surface area contributed by atoms with Crippen LogP contribution in [0.2, 0.25) is 0 Å². The van der Waals surface area contributed by atoms with Gasteiger partial charge < -0.3 is 10.2 Å². The van der Waals surface area contributed by atoms with Gasteiger partial charge in [-0.3, -0.25) is 0 Å². The Labute approximate surface area is 98.4 Å². The summed E-state index contributed by atoms with van der Waals surface area (Å²) in [6.07, 6.45) is -5.18. The van der Waals surface area contributed by atoms with E-state index < -0.39 is 18.6 Å². The first-order chi connectivity index (χ1) is 6.79. The summed E-state index contributed by atoms with van der Waals surface area (Å²) in [5.74, 6) is 1.13. The molecule has 0 saturated carbocycles. The van der Waals surface area contributed by atoms with Crippen LogP contribution in [0.1, 0.15) is 36.0 Å². The van der Waals surface area contributed by atoms with Gasteiger partial charge in [-0.2, -0.15) is 13.2 Å². The molecule has 0 bridgehead atoms. The molecule has 0 saturated heterocycles. The molecule has 6 heteroatoms. The predicted molar refractivity (Wildman–Crippen MR) is 57.6 cm³/mol. The van der Waals surface area contributed by atoms with Gasteiger partial charge in [0.15, 0.2) is 0 Å². The fourth-order valence-corrected chi connectivity index (χ4v) is 1.25. The van der Waals surface area contributed by atoms with Crippen molar-refractivity contribution in [3.8, 4) is 0 Å². The normalized spacial score (nSPS) is 13.4. The highest BCUT2D eigenvalue weighted by Gasteiger charge is 2.28. The molecule has 0 aliphatic carbocycles. The average molecular weight is 258 g/mol. The number of alkyl halides is 3. The van der Waals surface area contributed by atoms with Crippen LogP contribution in [0.3, 0.4) is 0 Å². The fourth-order valence-electron chi connectivity index (χ4n) is 1.25. The molecular weight excluding hydrogens is 243 g/mol. The van der Waals surface area contributed by atoms with E-state index in [-0.39, 0.29) is 18.8 Å². The van der Waals surface area contributed by atoms with Gasteiger partial charge in [0.1, 0.15) is 11.5 Å². The molecule has 1 aromatic rings. The second-order valence-corrected chi connectivity index (χ2v) is 3.65. The van der Waals surface area contributed by atoms with Gasteiger partial charge in [0, 0.05) is 6.42 Å². The Balaban J connectivity index is 0.00000225. The Kier molecular flexibility index (Phi) is 5.35. The minimum absolute atomic E-state index is 0. The second kappa shape index (κ2) is 5.59. The van der Waals surface area contributed by atoms with Crippen molar-refractivity contribution in [2.24, 2.45) is 5.73 Å². The maximum Gasteiger partial charge on any atom is 0.389 e. The topological polar surface area (TPSA) is 39.2 Å². The van der Waals surface area contributed by atoms with E-state index in [9.17, 15) is 13.2 Å². The van der Waals surface area contributed by atoms with Gasteiger partial charge in [-0.25, -0.2) is 0 Å².